The third-order valence-corrected chi connectivity index (χ3v) is 2.77. The Hall–Kier alpha value is -2.27. The van der Waals surface area contributed by atoms with E-state index in [0.717, 1.165) is 12.1 Å². The zero-order valence-electron chi connectivity index (χ0n) is 10.1. The maximum atomic E-state index is 12.9. The van der Waals surface area contributed by atoms with Gasteiger partial charge in [0, 0.05) is 0 Å². The summed E-state index contributed by atoms with van der Waals surface area (Å²) in [6.45, 7) is 0. The van der Waals surface area contributed by atoms with E-state index >= 15 is 0 Å². The van der Waals surface area contributed by atoms with Crippen molar-refractivity contribution in [1.29, 1.82) is 0 Å². The van der Waals surface area contributed by atoms with E-state index in [1.165, 1.54) is 12.3 Å². The van der Waals surface area contributed by atoms with Crippen LogP contribution in [0, 0.1) is 11.6 Å². The molecular formula is C14H9ClF2N2O. The van der Waals surface area contributed by atoms with Crippen LogP contribution in [-0.4, -0.2) is 12.1 Å². The Morgan fingerprint density at radius 1 is 1.15 bits per heavy atom. The molecule has 0 saturated heterocycles. The molecule has 0 aromatic heterocycles. The molecule has 0 radical (unpaired) electrons. The highest BCUT2D eigenvalue weighted by molar-refractivity contribution is 6.33. The zero-order valence-corrected chi connectivity index (χ0v) is 10.9. The van der Waals surface area contributed by atoms with E-state index in [-0.39, 0.29) is 5.56 Å². The minimum Gasteiger partial charge on any atom is -0.267 e. The van der Waals surface area contributed by atoms with Crippen molar-refractivity contribution in [2.75, 3.05) is 0 Å². The summed E-state index contributed by atoms with van der Waals surface area (Å²) in [7, 11) is 0. The molecule has 6 heteroatoms. The van der Waals surface area contributed by atoms with Gasteiger partial charge < -0.3 is 0 Å². The predicted molar refractivity (Wildman–Crippen MR) is 72.9 cm³/mol. The Kier molecular flexibility index (Phi) is 4.42. The average Bonchev–Trinajstić information content (AvgIpc) is 2.43. The number of halogens is 3. The Morgan fingerprint density at radius 3 is 2.60 bits per heavy atom. The normalized spacial score (nSPS) is 10.8. The summed E-state index contributed by atoms with van der Waals surface area (Å²) in [5.74, 6) is -2.41. The summed E-state index contributed by atoms with van der Waals surface area (Å²) in [6, 6.07) is 9.78. The summed E-state index contributed by atoms with van der Waals surface area (Å²) in [6.07, 6.45) is 1.21. The molecule has 1 amide bonds. The number of amides is 1. The number of carbonyl (C=O) groups is 1. The van der Waals surface area contributed by atoms with Gasteiger partial charge in [-0.3, -0.25) is 4.79 Å². The molecule has 0 heterocycles. The number of rotatable bonds is 3. The second-order valence-corrected chi connectivity index (χ2v) is 4.26. The Labute approximate surface area is 118 Å². The fraction of sp³-hybridized carbons (Fsp3) is 0. The molecule has 0 saturated carbocycles. The van der Waals surface area contributed by atoms with Crippen LogP contribution in [0.2, 0.25) is 5.02 Å². The lowest BCUT2D eigenvalue weighted by molar-refractivity contribution is 0.0955. The molecule has 2 aromatic rings. The van der Waals surface area contributed by atoms with Crippen molar-refractivity contribution in [3.63, 3.8) is 0 Å². The first-order valence-corrected chi connectivity index (χ1v) is 5.98. The molecule has 20 heavy (non-hydrogen) atoms. The first-order valence-electron chi connectivity index (χ1n) is 5.61. The topological polar surface area (TPSA) is 41.5 Å². The lowest BCUT2D eigenvalue weighted by Gasteiger charge is -2.01. The molecular weight excluding hydrogens is 286 g/mol. The highest BCUT2D eigenvalue weighted by atomic mass is 35.5. The molecule has 0 aliphatic rings. The standard InChI is InChI=1S/C14H9ClF2N2O/c15-11-4-2-1-3-10(11)14(20)19-18-8-9-5-6-12(16)13(17)7-9/h1-8H,(H,19,20)/b18-8-. The Bertz CT molecular complexity index is 674. The predicted octanol–water partition coefficient (Wildman–Crippen LogP) is 3.38. The maximum Gasteiger partial charge on any atom is 0.272 e. The SMILES string of the molecule is O=C(N/N=C\c1ccc(F)c(F)c1)c1ccccc1Cl. The molecule has 1 N–H and O–H groups in total. The first kappa shape index (κ1) is 14.1. The van der Waals surface area contributed by atoms with Crippen LogP contribution in [-0.2, 0) is 0 Å². The van der Waals surface area contributed by atoms with Gasteiger partial charge in [0.1, 0.15) is 0 Å². The minimum atomic E-state index is -0.980. The fourth-order valence-corrected chi connectivity index (χ4v) is 1.69. The lowest BCUT2D eigenvalue weighted by atomic mass is 10.2. The highest BCUT2D eigenvalue weighted by Gasteiger charge is 2.07. The van der Waals surface area contributed by atoms with Crippen molar-refractivity contribution in [2.24, 2.45) is 5.10 Å². The van der Waals surface area contributed by atoms with E-state index in [1.807, 2.05) is 0 Å². The van der Waals surface area contributed by atoms with Gasteiger partial charge in [0.15, 0.2) is 11.6 Å². The largest absolute Gasteiger partial charge is 0.272 e. The maximum absolute atomic E-state index is 12.9. The molecule has 102 valence electrons. The van der Waals surface area contributed by atoms with Gasteiger partial charge in [-0.15, -0.1) is 0 Å². The van der Waals surface area contributed by atoms with Crippen molar-refractivity contribution in [2.45, 2.75) is 0 Å². The van der Waals surface area contributed by atoms with Crippen LogP contribution < -0.4 is 5.43 Å². The van der Waals surface area contributed by atoms with Crippen LogP contribution in [0.15, 0.2) is 47.6 Å². The molecule has 0 unspecified atom stereocenters. The number of nitrogens with zero attached hydrogens (tertiary/aromatic N) is 1. The molecule has 2 aromatic carbocycles. The van der Waals surface area contributed by atoms with Crippen LogP contribution in [0.1, 0.15) is 15.9 Å². The van der Waals surface area contributed by atoms with Gasteiger partial charge in [-0.25, -0.2) is 14.2 Å². The quantitative estimate of drug-likeness (QED) is 0.684. The highest BCUT2D eigenvalue weighted by Crippen LogP contribution is 2.14. The summed E-state index contributed by atoms with van der Waals surface area (Å²) >= 11 is 5.85. The number of hydrogen-bond donors (Lipinski definition) is 1. The Balaban J connectivity index is 2.05. The van der Waals surface area contributed by atoms with Crippen molar-refractivity contribution >= 4 is 23.7 Å². The van der Waals surface area contributed by atoms with Crippen LogP contribution in [0.25, 0.3) is 0 Å². The van der Waals surface area contributed by atoms with Gasteiger partial charge in [-0.2, -0.15) is 5.10 Å². The van der Waals surface area contributed by atoms with Gasteiger partial charge in [0.05, 0.1) is 16.8 Å². The van der Waals surface area contributed by atoms with Crippen molar-refractivity contribution in [1.82, 2.24) is 5.43 Å². The van der Waals surface area contributed by atoms with Gasteiger partial charge in [0.2, 0.25) is 0 Å². The van der Waals surface area contributed by atoms with Gasteiger partial charge >= 0.3 is 0 Å². The third kappa shape index (κ3) is 3.39. The van der Waals surface area contributed by atoms with E-state index < -0.39 is 17.5 Å². The number of nitrogens with one attached hydrogen (secondary N) is 1. The molecule has 2 rings (SSSR count). The van der Waals surface area contributed by atoms with Gasteiger partial charge in [0.25, 0.3) is 5.91 Å². The molecule has 0 atom stereocenters. The number of carbonyl (C=O) groups excluding carboxylic acids is 1. The second kappa shape index (κ2) is 6.25. The summed E-state index contributed by atoms with van der Waals surface area (Å²) in [5, 5.41) is 3.96. The average molecular weight is 295 g/mol. The van der Waals surface area contributed by atoms with Crippen LogP contribution in [0.4, 0.5) is 8.78 Å². The molecule has 0 spiro atoms. The first-order chi connectivity index (χ1) is 9.58. The van der Waals surface area contributed by atoms with Crippen molar-refractivity contribution in [3.05, 3.63) is 70.2 Å². The number of hydrogen-bond acceptors (Lipinski definition) is 2. The summed E-state index contributed by atoms with van der Waals surface area (Å²) in [4.78, 5) is 11.7. The molecule has 0 bridgehead atoms. The summed E-state index contributed by atoms with van der Waals surface area (Å²) in [5.41, 5.74) is 2.85. The minimum absolute atomic E-state index is 0.275. The van der Waals surface area contributed by atoms with E-state index in [1.54, 1.807) is 24.3 Å². The van der Waals surface area contributed by atoms with E-state index in [0.29, 0.717) is 10.6 Å². The Morgan fingerprint density at radius 2 is 1.90 bits per heavy atom. The third-order valence-electron chi connectivity index (χ3n) is 2.44. The monoisotopic (exact) mass is 294 g/mol. The van der Waals surface area contributed by atoms with Crippen LogP contribution in [0.5, 0.6) is 0 Å². The fourth-order valence-electron chi connectivity index (χ4n) is 1.46. The zero-order chi connectivity index (χ0) is 14.5. The van der Waals surface area contributed by atoms with Crippen LogP contribution >= 0.6 is 11.6 Å². The second-order valence-electron chi connectivity index (χ2n) is 3.85. The van der Waals surface area contributed by atoms with E-state index in [2.05, 4.69) is 10.5 Å². The number of hydrazone groups is 1. The lowest BCUT2D eigenvalue weighted by Crippen LogP contribution is -2.17. The number of benzene rings is 2. The summed E-state index contributed by atoms with van der Waals surface area (Å²) < 4.78 is 25.7. The molecule has 3 nitrogen and oxygen atoms in total. The van der Waals surface area contributed by atoms with E-state index in [4.69, 9.17) is 11.6 Å². The molecule has 0 fully saturated rings. The van der Waals surface area contributed by atoms with E-state index in [9.17, 15) is 13.6 Å². The smallest absolute Gasteiger partial charge is 0.267 e. The van der Waals surface area contributed by atoms with Crippen molar-refractivity contribution in [3.8, 4) is 0 Å². The molecule has 0 aliphatic heterocycles. The van der Waals surface area contributed by atoms with Crippen LogP contribution in [0.3, 0.4) is 0 Å². The van der Waals surface area contributed by atoms with Gasteiger partial charge in [-0.1, -0.05) is 29.8 Å². The molecule has 0 aliphatic carbocycles. The van der Waals surface area contributed by atoms with Crippen molar-refractivity contribution < 1.29 is 13.6 Å². The van der Waals surface area contributed by atoms with Gasteiger partial charge in [-0.05, 0) is 29.8 Å².